The topological polar surface area (TPSA) is 112 Å². The lowest BCUT2D eigenvalue weighted by Crippen LogP contribution is -2.27. The third kappa shape index (κ3) is 2.91. The van der Waals surface area contributed by atoms with Crippen molar-refractivity contribution in [2.45, 2.75) is 13.0 Å². The van der Waals surface area contributed by atoms with Gasteiger partial charge in [0.2, 0.25) is 0 Å². The molecule has 0 spiro atoms. The fourth-order valence-corrected chi connectivity index (χ4v) is 2.28. The normalized spacial score (nSPS) is 11.8. The predicted octanol–water partition coefficient (Wildman–Crippen LogP) is 1.43. The van der Waals surface area contributed by atoms with Crippen LogP contribution >= 0.6 is 11.3 Å². The van der Waals surface area contributed by atoms with Crippen molar-refractivity contribution >= 4 is 23.2 Å². The van der Waals surface area contributed by atoms with Crippen LogP contribution in [-0.4, -0.2) is 32.1 Å². The van der Waals surface area contributed by atoms with Crippen LogP contribution in [0, 0.1) is 0 Å². The van der Waals surface area contributed by atoms with Crippen LogP contribution in [0.5, 0.6) is 5.75 Å². The van der Waals surface area contributed by atoms with Gasteiger partial charge in [0.1, 0.15) is 10.8 Å². The Bertz CT molecular complexity index is 656. The predicted molar refractivity (Wildman–Crippen MR) is 70.9 cm³/mol. The van der Waals surface area contributed by atoms with Crippen LogP contribution in [0.15, 0.2) is 23.7 Å². The molecule has 1 unspecified atom stereocenters. The molecule has 1 amide bonds. The molecule has 0 aliphatic heterocycles. The van der Waals surface area contributed by atoms with Gasteiger partial charge in [-0.15, -0.1) is 11.3 Å². The van der Waals surface area contributed by atoms with Crippen molar-refractivity contribution in [1.29, 1.82) is 0 Å². The van der Waals surface area contributed by atoms with Crippen molar-refractivity contribution in [2.75, 3.05) is 0 Å². The molecule has 0 aliphatic rings. The lowest BCUT2D eigenvalue weighted by molar-refractivity contribution is 0.0691. The number of pyridine rings is 1. The lowest BCUT2D eigenvalue weighted by atomic mass is 10.2. The molecule has 1 atom stereocenters. The molecule has 104 valence electrons. The zero-order valence-corrected chi connectivity index (χ0v) is 11.2. The van der Waals surface area contributed by atoms with Crippen LogP contribution in [0.2, 0.25) is 0 Å². The smallest absolute Gasteiger partial charge is 0.355 e. The summed E-state index contributed by atoms with van der Waals surface area (Å²) >= 11 is 1.14. The molecule has 0 fully saturated rings. The maximum atomic E-state index is 11.9. The third-order valence-corrected chi connectivity index (χ3v) is 3.49. The molecular formula is C12H11N3O4S. The number of nitrogens with one attached hydrogen (secondary N) is 1. The summed E-state index contributed by atoms with van der Waals surface area (Å²) < 4.78 is 0. The van der Waals surface area contributed by atoms with E-state index in [4.69, 9.17) is 5.11 Å². The summed E-state index contributed by atoms with van der Waals surface area (Å²) in [5, 5.41) is 22.8. The van der Waals surface area contributed by atoms with Crippen LogP contribution < -0.4 is 5.32 Å². The number of carboxylic acids is 1. The molecule has 3 N–H and O–H groups in total. The Kier molecular flexibility index (Phi) is 3.94. The number of hydrogen-bond donors (Lipinski definition) is 3. The number of carbonyl (C=O) groups excluding carboxylic acids is 1. The first kappa shape index (κ1) is 13.9. The number of amides is 1. The molecule has 0 saturated heterocycles. The first-order valence-corrected chi connectivity index (χ1v) is 6.50. The van der Waals surface area contributed by atoms with E-state index in [0.29, 0.717) is 5.01 Å². The van der Waals surface area contributed by atoms with Gasteiger partial charge >= 0.3 is 5.97 Å². The van der Waals surface area contributed by atoms with E-state index >= 15 is 0 Å². The highest BCUT2D eigenvalue weighted by Gasteiger charge is 2.19. The van der Waals surface area contributed by atoms with Crippen LogP contribution in [0.1, 0.15) is 39.0 Å². The standard InChI is InChI=1S/C12H11N3O4S/c1-6(11-15-7(5-20-11)12(18)19)14-10(17)9-8(16)3-2-4-13-9/h2-6,16H,1H3,(H,14,17)(H,18,19). The van der Waals surface area contributed by atoms with E-state index in [1.54, 1.807) is 6.92 Å². The number of aromatic nitrogens is 2. The van der Waals surface area contributed by atoms with Gasteiger partial charge in [0, 0.05) is 11.6 Å². The highest BCUT2D eigenvalue weighted by Crippen LogP contribution is 2.19. The molecule has 0 aromatic carbocycles. The molecule has 0 saturated carbocycles. The first-order valence-electron chi connectivity index (χ1n) is 5.62. The minimum atomic E-state index is -1.12. The van der Waals surface area contributed by atoms with Gasteiger partial charge in [-0.05, 0) is 19.1 Å². The molecule has 7 nitrogen and oxygen atoms in total. The lowest BCUT2D eigenvalue weighted by Gasteiger charge is -2.11. The van der Waals surface area contributed by atoms with Gasteiger partial charge in [-0.2, -0.15) is 0 Å². The Balaban J connectivity index is 2.11. The Morgan fingerprint density at radius 1 is 1.45 bits per heavy atom. The van der Waals surface area contributed by atoms with Crippen molar-refractivity contribution in [2.24, 2.45) is 0 Å². The second-order valence-corrected chi connectivity index (χ2v) is 4.83. The SMILES string of the molecule is CC(NC(=O)c1ncccc1O)c1nc(C(=O)O)cs1. The largest absolute Gasteiger partial charge is 0.505 e. The summed E-state index contributed by atoms with van der Waals surface area (Å²) in [6, 6.07) is 2.38. The summed E-state index contributed by atoms with van der Waals surface area (Å²) in [6.07, 6.45) is 1.39. The van der Waals surface area contributed by atoms with E-state index in [9.17, 15) is 14.7 Å². The van der Waals surface area contributed by atoms with E-state index in [-0.39, 0.29) is 17.1 Å². The number of hydrogen-bond acceptors (Lipinski definition) is 6. The van der Waals surface area contributed by atoms with Crippen molar-refractivity contribution in [1.82, 2.24) is 15.3 Å². The third-order valence-electron chi connectivity index (χ3n) is 2.46. The zero-order valence-electron chi connectivity index (χ0n) is 10.4. The number of carbonyl (C=O) groups is 2. The average molecular weight is 293 g/mol. The quantitative estimate of drug-likeness (QED) is 0.786. The molecule has 0 aliphatic carbocycles. The average Bonchev–Trinajstić information content (AvgIpc) is 2.88. The maximum absolute atomic E-state index is 11.9. The highest BCUT2D eigenvalue weighted by atomic mass is 32.1. The molecule has 8 heteroatoms. The molecule has 0 radical (unpaired) electrons. The monoisotopic (exact) mass is 293 g/mol. The Hall–Kier alpha value is -2.48. The maximum Gasteiger partial charge on any atom is 0.355 e. The number of aromatic hydroxyl groups is 1. The summed E-state index contributed by atoms with van der Waals surface area (Å²) in [5.41, 5.74) is -0.152. The van der Waals surface area contributed by atoms with Crippen LogP contribution in [0.3, 0.4) is 0 Å². The molecule has 2 aromatic heterocycles. The van der Waals surface area contributed by atoms with Gasteiger partial charge in [-0.3, -0.25) is 4.79 Å². The molecule has 20 heavy (non-hydrogen) atoms. The van der Waals surface area contributed by atoms with Crippen LogP contribution in [0.4, 0.5) is 0 Å². The van der Waals surface area contributed by atoms with Gasteiger partial charge in [-0.1, -0.05) is 0 Å². The molecular weight excluding hydrogens is 282 g/mol. The van der Waals surface area contributed by atoms with Crippen molar-refractivity contribution < 1.29 is 19.8 Å². The minimum Gasteiger partial charge on any atom is -0.505 e. The fourth-order valence-electron chi connectivity index (χ4n) is 1.48. The van der Waals surface area contributed by atoms with Gasteiger partial charge < -0.3 is 15.5 Å². The zero-order chi connectivity index (χ0) is 14.7. The van der Waals surface area contributed by atoms with E-state index in [1.165, 1.54) is 23.7 Å². The number of nitrogens with zero attached hydrogens (tertiary/aromatic N) is 2. The second-order valence-electron chi connectivity index (χ2n) is 3.94. The number of carboxylic acid groups (broad SMARTS) is 1. The molecule has 2 rings (SSSR count). The minimum absolute atomic E-state index is 0.0632. The Labute approximate surface area is 117 Å². The van der Waals surface area contributed by atoms with E-state index in [0.717, 1.165) is 11.3 Å². The van der Waals surface area contributed by atoms with Crippen molar-refractivity contribution in [3.8, 4) is 5.75 Å². The fraction of sp³-hybridized carbons (Fsp3) is 0.167. The van der Waals surface area contributed by atoms with Crippen LogP contribution in [0.25, 0.3) is 0 Å². The summed E-state index contributed by atoms with van der Waals surface area (Å²) in [6.45, 7) is 1.67. The number of thiazole rings is 1. The summed E-state index contributed by atoms with van der Waals surface area (Å²) in [5.74, 6) is -1.89. The molecule has 0 bridgehead atoms. The summed E-state index contributed by atoms with van der Waals surface area (Å²) in [7, 11) is 0. The van der Waals surface area contributed by atoms with Crippen molar-refractivity contribution in [3.05, 3.63) is 40.1 Å². The first-order chi connectivity index (χ1) is 9.49. The van der Waals surface area contributed by atoms with Gasteiger partial charge in [-0.25, -0.2) is 14.8 Å². The van der Waals surface area contributed by atoms with E-state index in [1.807, 2.05) is 0 Å². The van der Waals surface area contributed by atoms with Crippen LogP contribution in [-0.2, 0) is 0 Å². The molecule has 2 heterocycles. The van der Waals surface area contributed by atoms with Gasteiger partial charge in [0.15, 0.2) is 11.4 Å². The Morgan fingerprint density at radius 2 is 2.20 bits per heavy atom. The number of aromatic carboxylic acids is 1. The van der Waals surface area contributed by atoms with Gasteiger partial charge in [0.05, 0.1) is 6.04 Å². The number of rotatable bonds is 4. The van der Waals surface area contributed by atoms with E-state index in [2.05, 4.69) is 15.3 Å². The Morgan fingerprint density at radius 3 is 2.80 bits per heavy atom. The summed E-state index contributed by atoms with van der Waals surface area (Å²) in [4.78, 5) is 30.3. The van der Waals surface area contributed by atoms with Gasteiger partial charge in [0.25, 0.3) is 5.91 Å². The second kappa shape index (κ2) is 5.66. The van der Waals surface area contributed by atoms with E-state index < -0.39 is 17.9 Å². The highest BCUT2D eigenvalue weighted by molar-refractivity contribution is 7.09. The molecule has 2 aromatic rings. The van der Waals surface area contributed by atoms with Crippen molar-refractivity contribution in [3.63, 3.8) is 0 Å².